The van der Waals surface area contributed by atoms with Crippen LogP contribution < -0.4 is 5.32 Å². The maximum Gasteiger partial charge on any atom is 0.303 e. The van der Waals surface area contributed by atoms with E-state index >= 15 is 0 Å². The molecule has 0 aromatic rings. The van der Waals surface area contributed by atoms with Gasteiger partial charge in [0.2, 0.25) is 0 Å². The summed E-state index contributed by atoms with van der Waals surface area (Å²) in [5, 5.41) is 30.0. The van der Waals surface area contributed by atoms with Gasteiger partial charge >= 0.3 is 5.97 Å². The Hall–Kier alpha value is -0.690. The monoisotopic (exact) mass is 274 g/mol. The van der Waals surface area contributed by atoms with Crippen LogP contribution in [0.5, 0.6) is 0 Å². The second kappa shape index (κ2) is 9.25. The van der Waals surface area contributed by atoms with Crippen molar-refractivity contribution in [3.05, 3.63) is 0 Å². The summed E-state index contributed by atoms with van der Waals surface area (Å²) in [7, 11) is 0. The molecule has 6 nitrogen and oxygen atoms in total. The van der Waals surface area contributed by atoms with Crippen molar-refractivity contribution in [1.82, 2.24) is 10.2 Å². The molecule has 4 N–H and O–H groups in total. The summed E-state index contributed by atoms with van der Waals surface area (Å²) >= 11 is 0. The molecule has 6 heteroatoms. The molecule has 19 heavy (non-hydrogen) atoms. The molecule has 0 saturated carbocycles. The number of aliphatic hydroxyl groups is 2. The van der Waals surface area contributed by atoms with E-state index in [-0.39, 0.29) is 19.6 Å². The van der Waals surface area contributed by atoms with Crippen LogP contribution in [0.1, 0.15) is 25.7 Å². The first kappa shape index (κ1) is 16.4. The van der Waals surface area contributed by atoms with E-state index in [4.69, 9.17) is 15.3 Å². The van der Waals surface area contributed by atoms with Crippen LogP contribution in [0.2, 0.25) is 0 Å². The zero-order chi connectivity index (χ0) is 14.1. The van der Waals surface area contributed by atoms with E-state index in [1.54, 1.807) is 0 Å². The van der Waals surface area contributed by atoms with Crippen LogP contribution in [0.4, 0.5) is 0 Å². The van der Waals surface area contributed by atoms with Crippen LogP contribution in [0.25, 0.3) is 0 Å². The molecular formula is C13H26N2O4. The van der Waals surface area contributed by atoms with Crippen molar-refractivity contribution < 1.29 is 20.1 Å². The average molecular weight is 274 g/mol. The summed E-state index contributed by atoms with van der Waals surface area (Å²) < 4.78 is 0. The lowest BCUT2D eigenvalue weighted by Crippen LogP contribution is -2.50. The summed E-state index contributed by atoms with van der Waals surface area (Å²) in [6.07, 6.45) is 2.60. The Labute approximate surface area is 114 Å². The number of nitrogens with zero attached hydrogens (tertiary/aromatic N) is 1. The van der Waals surface area contributed by atoms with Crippen molar-refractivity contribution in [2.75, 3.05) is 39.4 Å². The highest BCUT2D eigenvalue weighted by Crippen LogP contribution is 2.21. The maximum absolute atomic E-state index is 10.6. The van der Waals surface area contributed by atoms with Crippen molar-refractivity contribution in [3.63, 3.8) is 0 Å². The third kappa shape index (κ3) is 6.87. The number of rotatable bonds is 9. The van der Waals surface area contributed by atoms with Crippen LogP contribution in [0.15, 0.2) is 0 Å². The van der Waals surface area contributed by atoms with Gasteiger partial charge in [0.1, 0.15) is 0 Å². The SMILES string of the molecule is O=C(O)CCC1CC(NCCCO)CN(CCO)C1. The Bertz CT molecular complexity index is 263. The number of β-amino-alcohol motifs (C(OH)–C–C–N with tert-alkyl or cyclic N) is 1. The Balaban J connectivity index is 2.40. The first-order valence-corrected chi connectivity index (χ1v) is 7.05. The molecule has 1 rings (SSSR count). The molecule has 1 aliphatic heterocycles. The smallest absolute Gasteiger partial charge is 0.303 e. The lowest BCUT2D eigenvalue weighted by atomic mass is 9.90. The first-order valence-electron chi connectivity index (χ1n) is 7.05. The van der Waals surface area contributed by atoms with Gasteiger partial charge in [0.25, 0.3) is 0 Å². The van der Waals surface area contributed by atoms with Crippen LogP contribution in [-0.2, 0) is 4.79 Å². The molecule has 0 amide bonds. The second-order valence-electron chi connectivity index (χ2n) is 5.25. The quantitative estimate of drug-likeness (QED) is 0.424. The van der Waals surface area contributed by atoms with Crippen LogP contribution in [0.3, 0.4) is 0 Å². The lowest BCUT2D eigenvalue weighted by molar-refractivity contribution is -0.137. The van der Waals surface area contributed by atoms with Gasteiger partial charge in [-0.25, -0.2) is 0 Å². The van der Waals surface area contributed by atoms with Crippen LogP contribution >= 0.6 is 0 Å². The normalized spacial score (nSPS) is 24.5. The third-order valence-electron chi connectivity index (χ3n) is 3.56. The van der Waals surface area contributed by atoms with Gasteiger partial charge in [0, 0.05) is 38.7 Å². The van der Waals surface area contributed by atoms with Crippen LogP contribution in [-0.4, -0.2) is 71.6 Å². The number of carboxylic acid groups (broad SMARTS) is 1. The van der Waals surface area contributed by atoms with Crippen molar-refractivity contribution in [3.8, 4) is 0 Å². The first-order chi connectivity index (χ1) is 9.15. The fourth-order valence-corrected chi connectivity index (χ4v) is 2.70. The third-order valence-corrected chi connectivity index (χ3v) is 3.56. The molecule has 0 radical (unpaired) electrons. The number of carbonyl (C=O) groups is 1. The number of carboxylic acids is 1. The van der Waals surface area contributed by atoms with E-state index < -0.39 is 5.97 Å². The van der Waals surface area contributed by atoms with E-state index in [1.165, 1.54) is 0 Å². The topological polar surface area (TPSA) is 93.0 Å². The summed E-state index contributed by atoms with van der Waals surface area (Å²) in [5.41, 5.74) is 0. The predicted molar refractivity (Wildman–Crippen MR) is 72.0 cm³/mol. The van der Waals surface area contributed by atoms with Gasteiger partial charge < -0.3 is 20.6 Å². The summed E-state index contributed by atoms with van der Waals surface area (Å²) in [6, 6.07) is 0.325. The summed E-state index contributed by atoms with van der Waals surface area (Å²) in [5.74, 6) is -0.382. The molecule has 2 atom stereocenters. The van der Waals surface area contributed by atoms with Gasteiger partial charge in [-0.2, -0.15) is 0 Å². The Morgan fingerprint density at radius 3 is 2.68 bits per heavy atom. The second-order valence-corrected chi connectivity index (χ2v) is 5.25. The van der Waals surface area contributed by atoms with Gasteiger partial charge in [0.05, 0.1) is 6.61 Å². The summed E-state index contributed by atoms with van der Waals surface area (Å²) in [4.78, 5) is 12.8. The molecule has 1 fully saturated rings. The van der Waals surface area contributed by atoms with Crippen molar-refractivity contribution in [1.29, 1.82) is 0 Å². The lowest BCUT2D eigenvalue weighted by Gasteiger charge is -2.38. The number of nitrogens with one attached hydrogen (secondary N) is 1. The zero-order valence-corrected chi connectivity index (χ0v) is 11.4. The molecule has 0 aromatic heterocycles. The average Bonchev–Trinajstić information content (AvgIpc) is 2.37. The molecule has 1 heterocycles. The molecule has 2 unspecified atom stereocenters. The van der Waals surface area contributed by atoms with E-state index in [2.05, 4.69) is 10.2 Å². The van der Waals surface area contributed by atoms with Crippen molar-refractivity contribution >= 4 is 5.97 Å². The Morgan fingerprint density at radius 2 is 2.05 bits per heavy atom. The van der Waals surface area contributed by atoms with Gasteiger partial charge in [0.15, 0.2) is 0 Å². The minimum absolute atomic E-state index is 0.134. The van der Waals surface area contributed by atoms with Gasteiger partial charge in [-0.3, -0.25) is 9.69 Å². The minimum atomic E-state index is -0.746. The van der Waals surface area contributed by atoms with E-state index in [0.717, 1.165) is 32.5 Å². The minimum Gasteiger partial charge on any atom is -0.481 e. The fourth-order valence-electron chi connectivity index (χ4n) is 2.70. The number of aliphatic hydroxyl groups excluding tert-OH is 2. The maximum atomic E-state index is 10.6. The Morgan fingerprint density at radius 1 is 1.26 bits per heavy atom. The number of aliphatic carboxylic acids is 1. The highest BCUT2D eigenvalue weighted by molar-refractivity contribution is 5.66. The number of hydrogen-bond acceptors (Lipinski definition) is 5. The highest BCUT2D eigenvalue weighted by Gasteiger charge is 2.26. The molecule has 0 spiro atoms. The van der Waals surface area contributed by atoms with E-state index in [0.29, 0.717) is 24.9 Å². The van der Waals surface area contributed by atoms with Gasteiger partial charge in [-0.1, -0.05) is 0 Å². The molecular weight excluding hydrogens is 248 g/mol. The standard InChI is InChI=1S/C13H26N2O4/c16-6-1-4-14-12-8-11(2-3-13(18)19)9-15(10-12)5-7-17/h11-12,14,16-17H,1-10H2,(H,18,19). The zero-order valence-electron chi connectivity index (χ0n) is 11.4. The van der Waals surface area contributed by atoms with Crippen molar-refractivity contribution in [2.24, 2.45) is 5.92 Å². The highest BCUT2D eigenvalue weighted by atomic mass is 16.4. The number of hydrogen-bond donors (Lipinski definition) is 4. The van der Waals surface area contributed by atoms with E-state index in [9.17, 15) is 4.79 Å². The largest absolute Gasteiger partial charge is 0.481 e. The molecule has 112 valence electrons. The van der Waals surface area contributed by atoms with Gasteiger partial charge in [-0.05, 0) is 31.7 Å². The molecule has 1 aliphatic rings. The molecule has 0 bridgehead atoms. The fraction of sp³-hybridized carbons (Fsp3) is 0.923. The molecule has 0 aromatic carbocycles. The number of likely N-dealkylation sites (tertiary alicyclic amines) is 1. The predicted octanol–water partition coefficient (Wildman–Crippen LogP) is -0.494. The molecule has 0 aliphatic carbocycles. The van der Waals surface area contributed by atoms with Crippen LogP contribution in [0, 0.1) is 5.92 Å². The number of piperidine rings is 1. The van der Waals surface area contributed by atoms with E-state index in [1.807, 2.05) is 0 Å². The van der Waals surface area contributed by atoms with Crippen molar-refractivity contribution in [2.45, 2.75) is 31.7 Å². The van der Waals surface area contributed by atoms with Gasteiger partial charge in [-0.15, -0.1) is 0 Å². The Kier molecular flexibility index (Phi) is 7.97. The summed E-state index contributed by atoms with van der Waals surface area (Å²) in [6.45, 7) is 3.49. The molecule has 1 saturated heterocycles.